The predicted molar refractivity (Wildman–Crippen MR) is 74.0 cm³/mol. The molecule has 1 heterocycles. The van der Waals surface area contributed by atoms with Crippen LogP contribution >= 0.6 is 0 Å². The Bertz CT molecular complexity index is 552. The molecular weight excluding hydrogens is 323 g/mol. The van der Waals surface area contributed by atoms with Crippen LogP contribution in [0.25, 0.3) is 0 Å². The van der Waals surface area contributed by atoms with Crippen LogP contribution in [0.4, 0.5) is 13.2 Å². The van der Waals surface area contributed by atoms with Crippen molar-refractivity contribution in [2.75, 3.05) is 13.1 Å². The van der Waals surface area contributed by atoms with Gasteiger partial charge in [-0.1, -0.05) is 17.7 Å². The Morgan fingerprint density at radius 2 is 1.86 bits per heavy atom. The van der Waals surface area contributed by atoms with Crippen molar-refractivity contribution in [3.05, 3.63) is 29.8 Å². The summed E-state index contributed by atoms with van der Waals surface area (Å²) in [5.74, 6) is 0. The van der Waals surface area contributed by atoms with E-state index in [2.05, 4.69) is 10.1 Å². The summed E-state index contributed by atoms with van der Waals surface area (Å²) in [6.07, 6.45) is -3.93. The second kappa shape index (κ2) is 7.91. The minimum absolute atomic E-state index is 0.0666. The summed E-state index contributed by atoms with van der Waals surface area (Å²) in [5.41, 5.74) is 0.956. The summed E-state index contributed by atoms with van der Waals surface area (Å²) in [7, 11) is -4.02. The lowest BCUT2D eigenvalue weighted by Gasteiger charge is -2.23. The smallest absolute Gasteiger partial charge is 0.314 e. The number of halogens is 3. The van der Waals surface area contributed by atoms with Gasteiger partial charge in [-0.25, -0.2) is 0 Å². The third kappa shape index (κ3) is 7.74. The summed E-state index contributed by atoms with van der Waals surface area (Å²) < 4.78 is 68.1. The second-order valence-electron chi connectivity index (χ2n) is 4.82. The summed E-state index contributed by atoms with van der Waals surface area (Å²) >= 11 is 0. The van der Waals surface area contributed by atoms with Gasteiger partial charge in [-0.2, -0.15) is 8.42 Å². The lowest BCUT2D eigenvalue weighted by molar-refractivity contribution is -0.343. The zero-order valence-electron chi connectivity index (χ0n) is 11.9. The van der Waals surface area contributed by atoms with Gasteiger partial charge in [0.05, 0.1) is 11.0 Å². The van der Waals surface area contributed by atoms with E-state index in [4.69, 9.17) is 4.55 Å². The number of hydrogen-bond acceptors (Lipinski definition) is 4. The second-order valence-corrected chi connectivity index (χ2v) is 6.24. The molecule has 9 heteroatoms. The normalized spacial score (nSPS) is 19.2. The quantitative estimate of drug-likeness (QED) is 0.809. The molecule has 0 amide bonds. The van der Waals surface area contributed by atoms with Crippen molar-refractivity contribution in [3.63, 3.8) is 0 Å². The largest absolute Gasteiger partial charge is 0.522 e. The third-order valence-corrected chi connectivity index (χ3v) is 3.74. The molecule has 0 aromatic heterocycles. The van der Waals surface area contributed by atoms with Gasteiger partial charge in [0.1, 0.15) is 0 Å². The van der Waals surface area contributed by atoms with E-state index < -0.39 is 22.6 Å². The van der Waals surface area contributed by atoms with Crippen molar-refractivity contribution in [3.8, 4) is 0 Å². The highest BCUT2D eigenvalue weighted by Crippen LogP contribution is 2.21. The van der Waals surface area contributed by atoms with Crippen molar-refractivity contribution in [2.45, 2.75) is 37.1 Å². The fraction of sp³-hybridized carbons (Fsp3) is 0.538. The van der Waals surface area contributed by atoms with E-state index in [1.54, 1.807) is 12.1 Å². The SMILES string of the molecule is Cc1ccc(S(=O)(=O)O)cc1.FC(F)(F)OC1CCCNC1. The first kappa shape index (κ1) is 18.9. The van der Waals surface area contributed by atoms with Gasteiger partial charge in [0.15, 0.2) is 0 Å². The van der Waals surface area contributed by atoms with Gasteiger partial charge in [0, 0.05) is 6.54 Å². The fourth-order valence-electron chi connectivity index (χ4n) is 1.82. The number of nitrogens with one attached hydrogen (secondary N) is 1. The van der Waals surface area contributed by atoms with Crippen LogP contribution in [0.3, 0.4) is 0 Å². The molecule has 1 aromatic rings. The standard InChI is InChI=1S/C7H8O3S.C6H10F3NO/c1-6-2-4-7(5-3-6)11(8,9)10;7-6(8,9)11-5-2-1-3-10-4-5/h2-5H,1H3,(H,8,9,10);5,10H,1-4H2. The molecule has 1 saturated heterocycles. The average molecular weight is 341 g/mol. The molecule has 5 nitrogen and oxygen atoms in total. The van der Waals surface area contributed by atoms with Crippen molar-refractivity contribution in [1.29, 1.82) is 0 Å². The van der Waals surface area contributed by atoms with Crippen LogP contribution in [0, 0.1) is 6.92 Å². The Labute approximate surface area is 127 Å². The summed E-state index contributed by atoms with van der Waals surface area (Å²) in [5, 5.41) is 2.83. The molecule has 1 fully saturated rings. The molecule has 1 aliphatic rings. The summed E-state index contributed by atoms with van der Waals surface area (Å²) in [6.45, 7) is 2.94. The van der Waals surface area contributed by atoms with Crippen LogP contribution in [0.5, 0.6) is 0 Å². The number of aryl methyl sites for hydroxylation is 1. The molecule has 22 heavy (non-hydrogen) atoms. The highest BCUT2D eigenvalue weighted by Gasteiger charge is 2.33. The molecular formula is C13H18F3NO4S. The Morgan fingerprint density at radius 1 is 1.27 bits per heavy atom. The van der Waals surface area contributed by atoms with E-state index in [1.807, 2.05) is 6.92 Å². The average Bonchev–Trinajstić information content (AvgIpc) is 2.38. The lowest BCUT2D eigenvalue weighted by atomic mass is 10.1. The van der Waals surface area contributed by atoms with E-state index in [9.17, 15) is 21.6 Å². The van der Waals surface area contributed by atoms with Crippen LogP contribution in [-0.2, 0) is 14.9 Å². The molecule has 1 unspecified atom stereocenters. The third-order valence-electron chi connectivity index (χ3n) is 2.87. The van der Waals surface area contributed by atoms with Crippen molar-refractivity contribution in [2.24, 2.45) is 0 Å². The van der Waals surface area contributed by atoms with Crippen molar-refractivity contribution in [1.82, 2.24) is 5.32 Å². The van der Waals surface area contributed by atoms with E-state index in [0.717, 1.165) is 18.5 Å². The molecule has 2 N–H and O–H groups in total. The highest BCUT2D eigenvalue weighted by molar-refractivity contribution is 7.85. The molecule has 0 aliphatic carbocycles. The Morgan fingerprint density at radius 3 is 2.27 bits per heavy atom. The number of hydrogen-bond donors (Lipinski definition) is 2. The first-order valence-corrected chi connectivity index (χ1v) is 8.01. The van der Waals surface area contributed by atoms with Gasteiger partial charge in [-0.15, -0.1) is 13.2 Å². The van der Waals surface area contributed by atoms with Gasteiger partial charge in [0.25, 0.3) is 10.1 Å². The van der Waals surface area contributed by atoms with Gasteiger partial charge >= 0.3 is 6.36 Å². The summed E-state index contributed by atoms with van der Waals surface area (Å²) in [6, 6.07) is 5.99. The topological polar surface area (TPSA) is 75.6 Å². The Balaban J connectivity index is 0.000000220. The number of benzene rings is 1. The minimum atomic E-state index is -4.48. The monoisotopic (exact) mass is 341 g/mol. The van der Waals surface area contributed by atoms with Gasteiger partial charge < -0.3 is 5.32 Å². The van der Waals surface area contributed by atoms with Crippen molar-refractivity contribution >= 4 is 10.1 Å². The molecule has 0 saturated carbocycles. The summed E-state index contributed by atoms with van der Waals surface area (Å²) in [4.78, 5) is -0.0666. The molecule has 2 rings (SSSR count). The maximum absolute atomic E-state index is 11.6. The number of rotatable bonds is 2. The zero-order valence-corrected chi connectivity index (χ0v) is 12.7. The molecule has 0 radical (unpaired) electrons. The number of alkyl halides is 3. The van der Waals surface area contributed by atoms with Crippen molar-refractivity contribution < 1.29 is 30.9 Å². The van der Waals surface area contributed by atoms with Crippen LogP contribution in [-0.4, -0.2) is 38.5 Å². The Hall–Kier alpha value is -1.16. The van der Waals surface area contributed by atoms with E-state index in [1.165, 1.54) is 12.1 Å². The molecule has 1 aromatic carbocycles. The zero-order chi connectivity index (χ0) is 16.8. The maximum Gasteiger partial charge on any atom is 0.522 e. The maximum atomic E-state index is 11.6. The number of ether oxygens (including phenoxy) is 1. The van der Waals surface area contributed by atoms with E-state index in [-0.39, 0.29) is 4.90 Å². The van der Waals surface area contributed by atoms with Crippen LogP contribution in [0.1, 0.15) is 18.4 Å². The van der Waals surface area contributed by atoms with Gasteiger partial charge in [0.2, 0.25) is 0 Å². The minimum Gasteiger partial charge on any atom is -0.314 e. The highest BCUT2D eigenvalue weighted by atomic mass is 32.2. The fourth-order valence-corrected chi connectivity index (χ4v) is 2.30. The first-order chi connectivity index (χ1) is 10.1. The molecule has 1 aliphatic heterocycles. The molecule has 0 bridgehead atoms. The van der Waals surface area contributed by atoms with Crippen LogP contribution in [0.2, 0.25) is 0 Å². The molecule has 1 atom stereocenters. The first-order valence-electron chi connectivity index (χ1n) is 6.57. The van der Waals surface area contributed by atoms with Crippen LogP contribution < -0.4 is 5.32 Å². The van der Waals surface area contributed by atoms with E-state index in [0.29, 0.717) is 13.0 Å². The molecule has 126 valence electrons. The molecule has 0 spiro atoms. The van der Waals surface area contributed by atoms with Gasteiger partial charge in [-0.05, 0) is 38.4 Å². The predicted octanol–water partition coefficient (Wildman–Crippen LogP) is 2.52. The van der Waals surface area contributed by atoms with Gasteiger partial charge in [-0.3, -0.25) is 9.29 Å². The Kier molecular flexibility index (Phi) is 6.79. The van der Waals surface area contributed by atoms with Crippen LogP contribution in [0.15, 0.2) is 29.2 Å². The lowest BCUT2D eigenvalue weighted by Crippen LogP contribution is -2.38. The van der Waals surface area contributed by atoms with E-state index >= 15 is 0 Å². The number of piperidine rings is 1.